The van der Waals surface area contributed by atoms with Gasteiger partial charge in [-0.3, -0.25) is 14.9 Å². The highest BCUT2D eigenvalue weighted by Crippen LogP contribution is 2.27. The van der Waals surface area contributed by atoms with E-state index in [0.29, 0.717) is 0 Å². The molecule has 0 radical (unpaired) electrons. The van der Waals surface area contributed by atoms with Crippen molar-refractivity contribution in [1.82, 2.24) is 0 Å². The summed E-state index contributed by atoms with van der Waals surface area (Å²) in [6, 6.07) is 2.83. The molecule has 0 saturated carbocycles. The Hall–Kier alpha value is -2.18. The minimum atomic E-state index is -1.07. The molecule has 0 aromatic heterocycles. The fraction of sp³-hybridized carbons (Fsp3) is 0.300. The van der Waals surface area contributed by atoms with E-state index in [2.05, 4.69) is 0 Å². The number of halogens is 1. The van der Waals surface area contributed by atoms with Crippen molar-refractivity contribution >= 4 is 11.7 Å². The Labute approximate surface area is 95.8 Å². The average molecular weight is 243 g/mol. The van der Waals surface area contributed by atoms with Gasteiger partial charge in [-0.15, -0.1) is 0 Å². The van der Waals surface area contributed by atoms with Crippen LogP contribution in [-0.2, 0) is 4.79 Å². The normalized spacial score (nSPS) is 11.9. The second-order valence-electron chi connectivity index (χ2n) is 3.42. The number of rotatable bonds is 5. The summed E-state index contributed by atoms with van der Waals surface area (Å²) >= 11 is 0. The number of carboxylic acid groups (broad SMARTS) is 1. The van der Waals surface area contributed by atoms with E-state index in [0.717, 1.165) is 18.2 Å². The molecule has 0 aliphatic carbocycles. The van der Waals surface area contributed by atoms with Crippen LogP contribution in [0.4, 0.5) is 10.1 Å². The predicted molar refractivity (Wildman–Crippen MR) is 55.3 cm³/mol. The Balaban J connectivity index is 2.84. The number of aliphatic carboxylic acids is 1. The van der Waals surface area contributed by atoms with Crippen molar-refractivity contribution in [2.45, 2.75) is 6.92 Å². The highest BCUT2D eigenvalue weighted by molar-refractivity contribution is 5.69. The van der Waals surface area contributed by atoms with Crippen molar-refractivity contribution in [3.63, 3.8) is 0 Å². The van der Waals surface area contributed by atoms with E-state index in [-0.39, 0.29) is 12.4 Å². The first kappa shape index (κ1) is 12.9. The zero-order chi connectivity index (χ0) is 13.0. The third-order valence-corrected chi connectivity index (χ3v) is 2.03. The number of ether oxygens (including phenoxy) is 1. The van der Waals surface area contributed by atoms with Crippen LogP contribution in [0.2, 0.25) is 0 Å². The SMILES string of the molecule is CC(COc1ccc(F)cc1[N+](=O)[O-])C(=O)O. The summed E-state index contributed by atoms with van der Waals surface area (Å²) < 4.78 is 17.8. The van der Waals surface area contributed by atoms with Crippen LogP contribution in [-0.4, -0.2) is 22.6 Å². The number of carboxylic acids is 1. The molecular weight excluding hydrogens is 233 g/mol. The predicted octanol–water partition coefficient (Wildman–Crippen LogP) is 1.83. The van der Waals surface area contributed by atoms with Crippen molar-refractivity contribution in [2.24, 2.45) is 5.92 Å². The van der Waals surface area contributed by atoms with Gasteiger partial charge >= 0.3 is 11.7 Å². The topological polar surface area (TPSA) is 89.7 Å². The van der Waals surface area contributed by atoms with Crippen molar-refractivity contribution in [3.05, 3.63) is 34.1 Å². The van der Waals surface area contributed by atoms with Crippen molar-refractivity contribution in [2.75, 3.05) is 6.61 Å². The largest absolute Gasteiger partial charge is 0.486 e. The maximum Gasteiger partial charge on any atom is 0.313 e. The summed E-state index contributed by atoms with van der Waals surface area (Å²) in [5.41, 5.74) is -0.525. The van der Waals surface area contributed by atoms with Crippen LogP contribution < -0.4 is 4.74 Å². The molecular formula is C10H10FNO5. The summed E-state index contributed by atoms with van der Waals surface area (Å²) in [7, 11) is 0. The van der Waals surface area contributed by atoms with Crippen molar-refractivity contribution in [3.8, 4) is 5.75 Å². The summed E-state index contributed by atoms with van der Waals surface area (Å²) in [5, 5.41) is 19.2. The summed E-state index contributed by atoms with van der Waals surface area (Å²) in [6.45, 7) is 1.18. The van der Waals surface area contributed by atoms with Crippen molar-refractivity contribution in [1.29, 1.82) is 0 Å². The Morgan fingerprint density at radius 1 is 1.65 bits per heavy atom. The third-order valence-electron chi connectivity index (χ3n) is 2.03. The molecule has 1 rings (SSSR count). The zero-order valence-corrected chi connectivity index (χ0v) is 8.92. The van der Waals surface area contributed by atoms with E-state index < -0.39 is 28.3 Å². The molecule has 1 N–H and O–H groups in total. The van der Waals surface area contributed by atoms with Gasteiger partial charge in [0.15, 0.2) is 5.75 Å². The number of nitrogens with zero attached hydrogens (tertiary/aromatic N) is 1. The van der Waals surface area contributed by atoms with E-state index in [1.165, 1.54) is 6.92 Å². The molecule has 0 saturated heterocycles. The summed E-state index contributed by atoms with van der Waals surface area (Å²) in [4.78, 5) is 20.3. The second-order valence-corrected chi connectivity index (χ2v) is 3.42. The van der Waals surface area contributed by atoms with Gasteiger partial charge in [0.2, 0.25) is 0 Å². The van der Waals surface area contributed by atoms with Crippen LogP contribution in [0.5, 0.6) is 5.75 Å². The lowest BCUT2D eigenvalue weighted by atomic mass is 10.2. The molecule has 0 amide bonds. The van der Waals surface area contributed by atoms with Crippen LogP contribution in [0, 0.1) is 21.8 Å². The first-order chi connectivity index (χ1) is 7.91. The average Bonchev–Trinajstić information content (AvgIpc) is 2.26. The Morgan fingerprint density at radius 2 is 2.29 bits per heavy atom. The molecule has 1 unspecified atom stereocenters. The quantitative estimate of drug-likeness (QED) is 0.629. The lowest BCUT2D eigenvalue weighted by molar-refractivity contribution is -0.386. The fourth-order valence-corrected chi connectivity index (χ4v) is 1.04. The van der Waals surface area contributed by atoms with E-state index in [4.69, 9.17) is 9.84 Å². The van der Waals surface area contributed by atoms with Crippen molar-refractivity contribution < 1.29 is 24.0 Å². The van der Waals surface area contributed by atoms with Crippen LogP contribution in [0.1, 0.15) is 6.92 Å². The third kappa shape index (κ3) is 3.40. The molecule has 0 bridgehead atoms. The minimum Gasteiger partial charge on any atom is -0.486 e. The molecule has 1 aromatic carbocycles. The molecule has 1 aromatic rings. The highest BCUT2D eigenvalue weighted by Gasteiger charge is 2.18. The molecule has 0 heterocycles. The van der Waals surface area contributed by atoms with E-state index in [1.807, 2.05) is 0 Å². The standard InChI is InChI=1S/C10H10FNO5/c1-6(10(13)14)5-17-9-3-2-7(11)4-8(9)12(15)16/h2-4,6H,5H2,1H3,(H,13,14). The van der Waals surface area contributed by atoms with Gasteiger partial charge < -0.3 is 9.84 Å². The van der Waals surface area contributed by atoms with Gasteiger partial charge in [0, 0.05) is 0 Å². The molecule has 1 atom stereocenters. The molecule has 92 valence electrons. The van der Waals surface area contributed by atoms with Gasteiger partial charge in [-0.1, -0.05) is 0 Å². The van der Waals surface area contributed by atoms with Gasteiger partial charge in [0.1, 0.15) is 12.4 Å². The molecule has 7 heteroatoms. The number of nitro groups is 1. The van der Waals surface area contributed by atoms with E-state index in [9.17, 15) is 19.3 Å². The Kier molecular flexibility index (Phi) is 3.97. The second kappa shape index (κ2) is 5.24. The summed E-state index contributed by atoms with van der Waals surface area (Å²) in [6.07, 6.45) is 0. The Morgan fingerprint density at radius 3 is 2.82 bits per heavy atom. The first-order valence-electron chi connectivity index (χ1n) is 4.71. The van der Waals surface area contributed by atoms with Gasteiger partial charge in [-0.05, 0) is 19.1 Å². The number of hydrogen-bond donors (Lipinski definition) is 1. The van der Waals surface area contributed by atoms with Crippen LogP contribution >= 0.6 is 0 Å². The van der Waals surface area contributed by atoms with Crippen LogP contribution in [0.3, 0.4) is 0 Å². The molecule has 0 spiro atoms. The summed E-state index contributed by atoms with van der Waals surface area (Å²) in [5.74, 6) is -2.78. The van der Waals surface area contributed by atoms with Gasteiger partial charge in [-0.2, -0.15) is 0 Å². The van der Waals surface area contributed by atoms with Gasteiger partial charge in [0.05, 0.1) is 16.9 Å². The van der Waals surface area contributed by atoms with Gasteiger partial charge in [0.25, 0.3) is 0 Å². The maximum atomic E-state index is 12.8. The Bertz CT molecular complexity index is 448. The first-order valence-corrected chi connectivity index (χ1v) is 4.71. The minimum absolute atomic E-state index is 0.149. The molecule has 6 nitrogen and oxygen atoms in total. The number of benzene rings is 1. The lowest BCUT2D eigenvalue weighted by Crippen LogP contribution is -2.18. The lowest BCUT2D eigenvalue weighted by Gasteiger charge is -2.09. The number of carbonyl (C=O) groups is 1. The number of nitro benzene ring substituents is 1. The monoisotopic (exact) mass is 243 g/mol. The fourth-order valence-electron chi connectivity index (χ4n) is 1.04. The maximum absolute atomic E-state index is 12.8. The highest BCUT2D eigenvalue weighted by atomic mass is 19.1. The molecule has 0 aliphatic rings. The van der Waals surface area contributed by atoms with Crippen LogP contribution in [0.25, 0.3) is 0 Å². The molecule has 17 heavy (non-hydrogen) atoms. The van der Waals surface area contributed by atoms with Crippen LogP contribution in [0.15, 0.2) is 18.2 Å². The zero-order valence-electron chi connectivity index (χ0n) is 8.92. The smallest absolute Gasteiger partial charge is 0.313 e. The number of hydrogen-bond acceptors (Lipinski definition) is 4. The van der Waals surface area contributed by atoms with E-state index in [1.54, 1.807) is 0 Å². The molecule has 0 fully saturated rings. The van der Waals surface area contributed by atoms with E-state index >= 15 is 0 Å². The van der Waals surface area contributed by atoms with Gasteiger partial charge in [-0.25, -0.2) is 4.39 Å². The molecule has 0 aliphatic heterocycles.